The lowest BCUT2D eigenvalue weighted by atomic mass is 10.3. The van der Waals surface area contributed by atoms with Crippen LogP contribution >= 0.6 is 0 Å². The van der Waals surface area contributed by atoms with Gasteiger partial charge < -0.3 is 10.0 Å². The van der Waals surface area contributed by atoms with Crippen molar-refractivity contribution in [3.63, 3.8) is 0 Å². The Hall–Kier alpha value is -1.60. The molecule has 0 aliphatic heterocycles. The maximum atomic E-state index is 11.6. The Morgan fingerprint density at radius 2 is 1.79 bits per heavy atom. The molecule has 1 N–H and O–H groups in total. The van der Waals surface area contributed by atoms with Crippen LogP contribution in [-0.2, 0) is 9.63 Å². The van der Waals surface area contributed by atoms with Crippen LogP contribution in [-0.4, -0.2) is 28.8 Å². The zero-order valence-corrected chi connectivity index (χ0v) is 7.29. The predicted molar refractivity (Wildman–Crippen MR) is 40.2 cm³/mol. The molecule has 0 aromatic carbocycles. The molecule has 8 heteroatoms. The van der Waals surface area contributed by atoms with E-state index in [1.54, 1.807) is 0 Å². The minimum Gasteiger partial charge on any atom is -0.411 e. The number of alkyl halides is 3. The molecule has 0 radical (unpaired) electrons. The molecule has 0 spiro atoms. The first-order chi connectivity index (χ1) is 6.29. The van der Waals surface area contributed by atoms with E-state index in [0.717, 1.165) is 0 Å². The van der Waals surface area contributed by atoms with Crippen LogP contribution in [0.1, 0.15) is 13.8 Å². The van der Waals surface area contributed by atoms with Gasteiger partial charge in [0.25, 0.3) is 0 Å². The molecular weight excluding hydrogens is 205 g/mol. The molecule has 80 valence electrons. The van der Waals surface area contributed by atoms with Crippen molar-refractivity contribution >= 4 is 17.4 Å². The predicted octanol–water partition coefficient (Wildman–Crippen LogP) is 1.32. The summed E-state index contributed by atoms with van der Waals surface area (Å²) in [4.78, 5) is 13.6. The second-order valence-corrected chi connectivity index (χ2v) is 2.24. The summed E-state index contributed by atoms with van der Waals surface area (Å²) < 4.78 is 34.7. The quantitative estimate of drug-likeness (QED) is 0.324. The van der Waals surface area contributed by atoms with Crippen molar-refractivity contribution in [2.24, 2.45) is 10.3 Å². The molecule has 0 rings (SSSR count). The molecule has 0 amide bonds. The second-order valence-electron chi connectivity index (χ2n) is 2.24. The normalized spacial score (nSPS) is 14.1. The Kier molecular flexibility index (Phi) is 4.06. The van der Waals surface area contributed by atoms with Crippen LogP contribution in [0.4, 0.5) is 13.2 Å². The van der Waals surface area contributed by atoms with Crippen LogP contribution in [0.5, 0.6) is 0 Å². The Morgan fingerprint density at radius 3 is 2.14 bits per heavy atom. The van der Waals surface area contributed by atoms with E-state index in [-0.39, 0.29) is 11.4 Å². The van der Waals surface area contributed by atoms with Gasteiger partial charge in [0.05, 0.1) is 0 Å². The summed E-state index contributed by atoms with van der Waals surface area (Å²) in [6.07, 6.45) is -5.09. The summed E-state index contributed by atoms with van der Waals surface area (Å²) in [5, 5.41) is 13.6. The third kappa shape index (κ3) is 3.87. The summed E-state index contributed by atoms with van der Waals surface area (Å²) in [5.41, 5.74) is -0.190. The summed E-state index contributed by atoms with van der Waals surface area (Å²) in [6, 6.07) is 0. The average Bonchev–Trinajstić information content (AvgIpc) is 2.10. The van der Waals surface area contributed by atoms with Gasteiger partial charge in [0.1, 0.15) is 11.4 Å². The standard InChI is InChI=1S/C6H7F3N2O3/c1-3(10-13)4(2)11-14-5(12)6(7,8)9/h13H,1-2H3/b10-3-,11-4-. The van der Waals surface area contributed by atoms with Crippen molar-refractivity contribution < 1.29 is 28.0 Å². The van der Waals surface area contributed by atoms with Gasteiger partial charge in [-0.25, -0.2) is 4.79 Å². The number of carbonyl (C=O) groups is 1. The molecule has 0 bridgehead atoms. The molecule has 0 saturated heterocycles. The first-order valence-corrected chi connectivity index (χ1v) is 3.30. The van der Waals surface area contributed by atoms with Crippen molar-refractivity contribution in [1.82, 2.24) is 0 Å². The smallest absolute Gasteiger partial charge is 0.411 e. The molecule has 0 aliphatic carbocycles. The van der Waals surface area contributed by atoms with Gasteiger partial charge in [0.2, 0.25) is 0 Å². The summed E-state index contributed by atoms with van der Waals surface area (Å²) in [6.45, 7) is 2.50. The highest BCUT2D eigenvalue weighted by molar-refractivity contribution is 6.40. The van der Waals surface area contributed by atoms with E-state index >= 15 is 0 Å². The number of rotatable bonds is 2. The Balaban J connectivity index is 4.39. The van der Waals surface area contributed by atoms with E-state index in [2.05, 4.69) is 15.1 Å². The first kappa shape index (κ1) is 12.4. The molecule has 0 aromatic rings. The summed E-state index contributed by atoms with van der Waals surface area (Å²) >= 11 is 0. The average molecular weight is 212 g/mol. The molecule has 0 heterocycles. The van der Waals surface area contributed by atoms with Crippen LogP contribution in [0.25, 0.3) is 0 Å². The number of hydrogen-bond donors (Lipinski definition) is 1. The van der Waals surface area contributed by atoms with E-state index in [1.807, 2.05) is 0 Å². The van der Waals surface area contributed by atoms with Crippen LogP contribution in [0.3, 0.4) is 0 Å². The van der Waals surface area contributed by atoms with E-state index in [4.69, 9.17) is 5.21 Å². The van der Waals surface area contributed by atoms with E-state index in [1.165, 1.54) is 13.8 Å². The van der Waals surface area contributed by atoms with Crippen LogP contribution < -0.4 is 0 Å². The maximum absolute atomic E-state index is 11.6. The van der Waals surface area contributed by atoms with Crippen molar-refractivity contribution in [3.8, 4) is 0 Å². The molecule has 0 unspecified atom stereocenters. The fourth-order valence-corrected chi connectivity index (χ4v) is 0.300. The minimum absolute atomic E-state index is 0.0556. The monoisotopic (exact) mass is 212 g/mol. The Labute approximate surface area is 76.8 Å². The lowest BCUT2D eigenvalue weighted by molar-refractivity contribution is -0.199. The zero-order valence-electron chi connectivity index (χ0n) is 7.29. The lowest BCUT2D eigenvalue weighted by Gasteiger charge is -2.01. The molecule has 0 fully saturated rings. The highest BCUT2D eigenvalue weighted by Crippen LogP contribution is 2.16. The number of carbonyl (C=O) groups excluding carboxylic acids is 1. The van der Waals surface area contributed by atoms with Gasteiger partial charge in [-0.15, -0.1) is 0 Å². The second kappa shape index (κ2) is 4.58. The first-order valence-electron chi connectivity index (χ1n) is 3.30. The molecule has 0 aromatic heterocycles. The lowest BCUT2D eigenvalue weighted by Crippen LogP contribution is -2.24. The van der Waals surface area contributed by atoms with Gasteiger partial charge in [0, 0.05) is 0 Å². The van der Waals surface area contributed by atoms with Crippen LogP contribution in [0.2, 0.25) is 0 Å². The fraction of sp³-hybridized carbons (Fsp3) is 0.500. The largest absolute Gasteiger partial charge is 0.493 e. The highest BCUT2D eigenvalue weighted by Gasteiger charge is 2.41. The van der Waals surface area contributed by atoms with Crippen LogP contribution in [0, 0.1) is 0 Å². The third-order valence-electron chi connectivity index (χ3n) is 1.17. The van der Waals surface area contributed by atoms with Gasteiger partial charge in [-0.1, -0.05) is 10.3 Å². The third-order valence-corrected chi connectivity index (χ3v) is 1.17. The molecule has 0 atom stereocenters. The summed E-state index contributed by atoms with van der Waals surface area (Å²) in [7, 11) is 0. The van der Waals surface area contributed by atoms with E-state index in [9.17, 15) is 18.0 Å². The SMILES string of the molecule is CC(=N/O)/C(C)=N\OC(=O)C(F)(F)F. The molecule has 14 heavy (non-hydrogen) atoms. The van der Waals surface area contributed by atoms with Gasteiger partial charge in [0.15, 0.2) is 0 Å². The number of oxime groups is 2. The van der Waals surface area contributed by atoms with E-state index in [0.29, 0.717) is 0 Å². The van der Waals surface area contributed by atoms with Gasteiger partial charge in [-0.05, 0) is 13.8 Å². The van der Waals surface area contributed by atoms with Gasteiger partial charge >= 0.3 is 12.1 Å². The topological polar surface area (TPSA) is 71.2 Å². The van der Waals surface area contributed by atoms with Gasteiger partial charge in [-0.2, -0.15) is 13.2 Å². The van der Waals surface area contributed by atoms with Crippen LogP contribution in [0.15, 0.2) is 10.3 Å². The Morgan fingerprint density at radius 1 is 1.29 bits per heavy atom. The van der Waals surface area contributed by atoms with Crippen molar-refractivity contribution in [2.45, 2.75) is 20.0 Å². The number of nitrogens with zero attached hydrogens (tertiary/aromatic N) is 2. The van der Waals surface area contributed by atoms with Gasteiger partial charge in [-0.3, -0.25) is 0 Å². The number of hydrogen-bond acceptors (Lipinski definition) is 5. The van der Waals surface area contributed by atoms with Crippen molar-refractivity contribution in [2.75, 3.05) is 0 Å². The van der Waals surface area contributed by atoms with E-state index < -0.39 is 12.1 Å². The zero-order chi connectivity index (χ0) is 11.4. The minimum atomic E-state index is -5.09. The molecule has 0 saturated carbocycles. The van der Waals surface area contributed by atoms with Crippen molar-refractivity contribution in [1.29, 1.82) is 0 Å². The number of halogens is 3. The molecule has 5 nitrogen and oxygen atoms in total. The molecule has 0 aliphatic rings. The summed E-state index contributed by atoms with van der Waals surface area (Å²) in [5.74, 6) is -2.43. The molecular formula is C6H7F3N2O3. The fourth-order valence-electron chi connectivity index (χ4n) is 0.300. The maximum Gasteiger partial charge on any atom is 0.493 e. The Bertz CT molecular complexity index is 283. The highest BCUT2D eigenvalue weighted by atomic mass is 19.4. The van der Waals surface area contributed by atoms with Crippen molar-refractivity contribution in [3.05, 3.63) is 0 Å².